The molecule has 0 aromatic heterocycles. The number of hydrogen-bond donors (Lipinski definition) is 2. The van der Waals surface area contributed by atoms with E-state index in [4.69, 9.17) is 0 Å². The van der Waals surface area contributed by atoms with Gasteiger partial charge in [-0.15, -0.1) is 0 Å². The van der Waals surface area contributed by atoms with E-state index in [0.29, 0.717) is 0 Å². The van der Waals surface area contributed by atoms with Crippen molar-refractivity contribution in [2.45, 2.75) is 78.4 Å². The molecule has 2 saturated carbocycles. The van der Waals surface area contributed by atoms with Gasteiger partial charge in [-0.25, -0.2) is 0 Å². The molecule has 2 amide bonds. The number of aliphatic hydroxyl groups is 1. The van der Waals surface area contributed by atoms with Crippen molar-refractivity contribution in [3.8, 4) is 0 Å². The van der Waals surface area contributed by atoms with Crippen LogP contribution in [0.2, 0.25) is 0 Å². The van der Waals surface area contributed by atoms with Crippen LogP contribution in [-0.4, -0.2) is 47.1 Å². The van der Waals surface area contributed by atoms with Gasteiger partial charge in [-0.05, 0) is 61.7 Å². The van der Waals surface area contributed by atoms with E-state index in [2.05, 4.69) is 19.2 Å². The number of aliphatic hydroxyl groups excluding tert-OH is 1. The van der Waals surface area contributed by atoms with Crippen LogP contribution in [0.1, 0.15) is 66.2 Å². The van der Waals surface area contributed by atoms with Crippen LogP contribution in [0, 0.1) is 29.1 Å². The Labute approximate surface area is 157 Å². The Morgan fingerprint density at radius 2 is 1.81 bits per heavy atom. The van der Waals surface area contributed by atoms with E-state index >= 15 is 0 Å². The molecule has 0 spiro atoms. The van der Waals surface area contributed by atoms with E-state index in [9.17, 15) is 14.7 Å². The minimum atomic E-state index is -0.470. The van der Waals surface area contributed by atoms with Crippen molar-refractivity contribution in [2.24, 2.45) is 29.1 Å². The first-order valence-corrected chi connectivity index (χ1v) is 10.5. The normalized spacial score (nSPS) is 41.4. The largest absolute Gasteiger partial charge is 0.392 e. The van der Waals surface area contributed by atoms with Crippen molar-refractivity contribution in [1.29, 1.82) is 0 Å². The predicted octanol–water partition coefficient (Wildman–Crippen LogP) is 2.57. The summed E-state index contributed by atoms with van der Waals surface area (Å²) in [5, 5.41) is 14.4. The first-order valence-electron chi connectivity index (χ1n) is 10.5. The van der Waals surface area contributed by atoms with Crippen LogP contribution in [0.4, 0.5) is 0 Å². The van der Waals surface area contributed by atoms with Crippen LogP contribution in [0.15, 0.2) is 0 Å². The molecule has 2 N–H and O–H groups in total. The summed E-state index contributed by atoms with van der Waals surface area (Å²) in [7, 11) is 0. The number of carbonyl (C=O) groups is 2. The lowest BCUT2D eigenvalue weighted by Crippen LogP contribution is -2.58. The molecule has 0 aromatic rings. The fourth-order valence-electron chi connectivity index (χ4n) is 6.17. The highest BCUT2D eigenvalue weighted by Crippen LogP contribution is 2.55. The second-order valence-corrected chi connectivity index (χ2v) is 9.40. The lowest BCUT2D eigenvalue weighted by Gasteiger charge is -2.56. The van der Waals surface area contributed by atoms with Crippen LogP contribution in [0.3, 0.4) is 0 Å². The molecular weight excluding hydrogens is 328 g/mol. The van der Waals surface area contributed by atoms with Crippen molar-refractivity contribution in [2.75, 3.05) is 13.1 Å². The van der Waals surface area contributed by atoms with Crippen molar-refractivity contribution in [3.63, 3.8) is 0 Å². The Kier molecular flexibility index (Phi) is 5.66. The molecule has 1 unspecified atom stereocenters. The zero-order chi connectivity index (χ0) is 19.1. The second kappa shape index (κ2) is 7.49. The third-order valence-corrected chi connectivity index (χ3v) is 7.73. The van der Waals surface area contributed by atoms with Gasteiger partial charge in [0.25, 0.3) is 0 Å². The molecule has 0 aromatic carbocycles. The van der Waals surface area contributed by atoms with Gasteiger partial charge in [0, 0.05) is 32.0 Å². The van der Waals surface area contributed by atoms with Gasteiger partial charge >= 0.3 is 0 Å². The third kappa shape index (κ3) is 3.51. The second-order valence-electron chi connectivity index (χ2n) is 9.40. The monoisotopic (exact) mass is 364 g/mol. The number of fused-ring (bicyclic) bond motifs is 1. The SMILES string of the molecule is CC(=O)N[C@H]1CC[C@]2(C)CCC([C@H](C)C(=O)N3CCCC3)[C@H](O)[C@H]2[C@@H]1C. The van der Waals surface area contributed by atoms with E-state index < -0.39 is 6.10 Å². The molecule has 1 heterocycles. The number of hydrogen-bond acceptors (Lipinski definition) is 3. The Morgan fingerprint density at radius 3 is 2.42 bits per heavy atom. The van der Waals surface area contributed by atoms with Crippen molar-refractivity contribution >= 4 is 11.8 Å². The lowest BCUT2D eigenvalue weighted by atomic mass is 9.51. The molecule has 0 radical (unpaired) electrons. The van der Waals surface area contributed by atoms with E-state index in [-0.39, 0.29) is 46.9 Å². The van der Waals surface area contributed by atoms with Gasteiger partial charge < -0.3 is 15.3 Å². The molecule has 148 valence electrons. The number of nitrogens with one attached hydrogen (secondary N) is 1. The average Bonchev–Trinajstić information content (AvgIpc) is 3.11. The fraction of sp³-hybridized carbons (Fsp3) is 0.905. The summed E-state index contributed by atoms with van der Waals surface area (Å²) in [6.45, 7) is 9.78. The first kappa shape index (κ1) is 19.7. The van der Waals surface area contributed by atoms with E-state index in [0.717, 1.165) is 51.6 Å². The Morgan fingerprint density at radius 1 is 1.19 bits per heavy atom. The molecule has 7 atom stereocenters. The van der Waals surface area contributed by atoms with Crippen LogP contribution in [0.25, 0.3) is 0 Å². The van der Waals surface area contributed by atoms with E-state index in [1.54, 1.807) is 6.92 Å². The fourth-order valence-corrected chi connectivity index (χ4v) is 6.17. The maximum atomic E-state index is 12.9. The van der Waals surface area contributed by atoms with Gasteiger partial charge in [0.15, 0.2) is 0 Å². The van der Waals surface area contributed by atoms with E-state index in [1.165, 1.54) is 0 Å². The molecule has 3 aliphatic rings. The van der Waals surface area contributed by atoms with Gasteiger partial charge in [-0.2, -0.15) is 0 Å². The topological polar surface area (TPSA) is 69.6 Å². The molecule has 5 heteroatoms. The van der Waals surface area contributed by atoms with Crippen molar-refractivity contribution < 1.29 is 14.7 Å². The van der Waals surface area contributed by atoms with Gasteiger partial charge in [-0.3, -0.25) is 9.59 Å². The summed E-state index contributed by atoms with van der Waals surface area (Å²) in [6, 6.07) is 0.128. The summed E-state index contributed by atoms with van der Waals surface area (Å²) in [5.74, 6) is 0.493. The first-order chi connectivity index (χ1) is 12.2. The zero-order valence-electron chi connectivity index (χ0n) is 16.8. The highest BCUT2D eigenvalue weighted by Gasteiger charge is 2.54. The molecule has 1 saturated heterocycles. The lowest BCUT2D eigenvalue weighted by molar-refractivity contribution is -0.150. The average molecular weight is 365 g/mol. The third-order valence-electron chi connectivity index (χ3n) is 7.73. The summed E-state index contributed by atoms with van der Waals surface area (Å²) in [4.78, 5) is 26.4. The number of nitrogens with zero attached hydrogens (tertiary/aromatic N) is 1. The minimum Gasteiger partial charge on any atom is -0.392 e. The number of rotatable bonds is 3. The highest BCUT2D eigenvalue weighted by molar-refractivity contribution is 5.79. The summed E-state index contributed by atoms with van der Waals surface area (Å²) in [6.07, 6.45) is 5.73. The zero-order valence-corrected chi connectivity index (χ0v) is 16.8. The van der Waals surface area contributed by atoms with Gasteiger partial charge in [-0.1, -0.05) is 20.8 Å². The molecule has 2 aliphatic carbocycles. The Hall–Kier alpha value is -1.10. The molecule has 1 aliphatic heterocycles. The van der Waals surface area contributed by atoms with Crippen LogP contribution in [-0.2, 0) is 9.59 Å². The molecule has 3 fully saturated rings. The number of likely N-dealkylation sites (tertiary alicyclic amines) is 1. The quantitative estimate of drug-likeness (QED) is 0.809. The molecule has 0 bridgehead atoms. The molecule has 3 rings (SSSR count). The summed E-state index contributed by atoms with van der Waals surface area (Å²) >= 11 is 0. The molecular formula is C21H36N2O3. The van der Waals surface area contributed by atoms with Crippen molar-refractivity contribution in [3.05, 3.63) is 0 Å². The maximum Gasteiger partial charge on any atom is 0.225 e. The standard InChI is InChI=1S/C21H36N2O3/c1-13(20(26)23-11-5-6-12-23)16-7-9-21(4)10-8-17(22-15(3)24)14(2)18(21)19(16)25/h13-14,16-19,25H,5-12H2,1-4H3,(H,22,24)/t13-,14+,16?,17-,18+,19-,21-/m0/s1. The van der Waals surface area contributed by atoms with Gasteiger partial charge in [0.2, 0.25) is 11.8 Å². The smallest absolute Gasteiger partial charge is 0.225 e. The van der Waals surface area contributed by atoms with Crippen LogP contribution in [0.5, 0.6) is 0 Å². The highest BCUT2D eigenvalue weighted by atomic mass is 16.3. The minimum absolute atomic E-state index is 0.00452. The van der Waals surface area contributed by atoms with Crippen LogP contribution >= 0.6 is 0 Å². The predicted molar refractivity (Wildman–Crippen MR) is 101 cm³/mol. The summed E-state index contributed by atoms with van der Waals surface area (Å²) < 4.78 is 0. The van der Waals surface area contributed by atoms with Crippen molar-refractivity contribution in [1.82, 2.24) is 10.2 Å². The van der Waals surface area contributed by atoms with Gasteiger partial charge in [0.1, 0.15) is 0 Å². The van der Waals surface area contributed by atoms with E-state index in [1.807, 2.05) is 11.8 Å². The number of carbonyl (C=O) groups excluding carboxylic acids is 2. The molecule has 26 heavy (non-hydrogen) atoms. The Balaban J connectivity index is 1.75. The molecule has 5 nitrogen and oxygen atoms in total. The number of amides is 2. The summed E-state index contributed by atoms with van der Waals surface area (Å²) in [5.41, 5.74) is 0.112. The van der Waals surface area contributed by atoms with Crippen LogP contribution < -0.4 is 5.32 Å². The van der Waals surface area contributed by atoms with Gasteiger partial charge in [0.05, 0.1) is 6.10 Å². The Bertz CT molecular complexity index is 545. The maximum absolute atomic E-state index is 12.9.